The van der Waals surface area contributed by atoms with Crippen LogP contribution in [0.3, 0.4) is 0 Å². The maximum absolute atomic E-state index is 10.8. The fourth-order valence-corrected chi connectivity index (χ4v) is 2.97. The van der Waals surface area contributed by atoms with Gasteiger partial charge in [0.25, 0.3) is 0 Å². The van der Waals surface area contributed by atoms with Crippen molar-refractivity contribution >= 4 is 22.3 Å². The highest BCUT2D eigenvalue weighted by Gasteiger charge is 2.12. The lowest BCUT2D eigenvalue weighted by Crippen LogP contribution is -1.97. The molecule has 1 aromatic rings. The molecule has 0 atom stereocenters. The minimum atomic E-state index is -0.922. The smallest absolute Gasteiger partial charge is 0.338 e. The number of nitrogen functional groups attached to an aromatic ring is 1. The van der Waals surface area contributed by atoms with Gasteiger partial charge in [0.15, 0.2) is 0 Å². The zero-order valence-electron chi connectivity index (χ0n) is 11.1. The lowest BCUT2D eigenvalue weighted by Gasteiger charge is -1.99. The van der Waals surface area contributed by atoms with Crippen LogP contribution in [0.4, 0.5) is 5.00 Å². The standard InChI is InChI=1S/C14H23NO2S/c1-2-3-4-5-6-7-8-9-11-10-12(14(16)17)13(15)18-11/h10H,2-9,15H2,1H3,(H,16,17). The van der Waals surface area contributed by atoms with Crippen molar-refractivity contribution in [2.75, 3.05) is 5.73 Å². The van der Waals surface area contributed by atoms with Gasteiger partial charge in [0, 0.05) is 4.88 Å². The van der Waals surface area contributed by atoms with E-state index in [9.17, 15) is 4.79 Å². The van der Waals surface area contributed by atoms with Crippen molar-refractivity contribution in [1.82, 2.24) is 0 Å². The molecule has 0 aromatic carbocycles. The number of thiophene rings is 1. The Morgan fingerprint density at radius 2 is 1.83 bits per heavy atom. The molecule has 1 aromatic heterocycles. The Kier molecular flexibility index (Phi) is 6.80. The molecule has 0 aliphatic carbocycles. The number of hydrogen-bond acceptors (Lipinski definition) is 3. The SMILES string of the molecule is CCCCCCCCCc1cc(C(=O)O)c(N)s1. The molecule has 1 heterocycles. The molecule has 0 saturated carbocycles. The third-order valence-corrected chi connectivity index (χ3v) is 4.09. The van der Waals surface area contributed by atoms with Gasteiger partial charge in [0.1, 0.15) is 5.00 Å². The van der Waals surface area contributed by atoms with E-state index in [-0.39, 0.29) is 5.56 Å². The zero-order chi connectivity index (χ0) is 13.4. The third kappa shape index (κ3) is 5.08. The van der Waals surface area contributed by atoms with Crippen molar-refractivity contribution in [2.24, 2.45) is 0 Å². The van der Waals surface area contributed by atoms with Crippen LogP contribution in [0.15, 0.2) is 6.07 Å². The van der Waals surface area contributed by atoms with E-state index >= 15 is 0 Å². The van der Waals surface area contributed by atoms with Crippen molar-refractivity contribution < 1.29 is 9.90 Å². The lowest BCUT2D eigenvalue weighted by molar-refractivity contribution is 0.0698. The van der Waals surface area contributed by atoms with Crippen LogP contribution in [0.2, 0.25) is 0 Å². The van der Waals surface area contributed by atoms with E-state index in [2.05, 4.69) is 6.92 Å². The molecule has 0 unspecified atom stereocenters. The first kappa shape index (κ1) is 15.0. The van der Waals surface area contributed by atoms with Gasteiger partial charge in [-0.2, -0.15) is 0 Å². The molecule has 18 heavy (non-hydrogen) atoms. The van der Waals surface area contributed by atoms with Crippen LogP contribution in [0.5, 0.6) is 0 Å². The minimum absolute atomic E-state index is 0.262. The summed E-state index contributed by atoms with van der Waals surface area (Å²) in [6.45, 7) is 2.22. The van der Waals surface area contributed by atoms with Crippen LogP contribution in [0.1, 0.15) is 67.1 Å². The second-order valence-corrected chi connectivity index (χ2v) is 5.84. The summed E-state index contributed by atoms with van der Waals surface area (Å²) >= 11 is 1.41. The van der Waals surface area contributed by atoms with Crippen molar-refractivity contribution in [3.8, 4) is 0 Å². The second-order valence-electron chi connectivity index (χ2n) is 4.67. The third-order valence-electron chi connectivity index (χ3n) is 3.07. The molecular formula is C14H23NO2S. The molecule has 3 nitrogen and oxygen atoms in total. The summed E-state index contributed by atoms with van der Waals surface area (Å²) in [5, 5.41) is 9.33. The molecule has 0 aliphatic heterocycles. The maximum Gasteiger partial charge on any atom is 0.338 e. The molecule has 0 spiro atoms. The number of hydrogen-bond donors (Lipinski definition) is 2. The van der Waals surface area contributed by atoms with Gasteiger partial charge in [-0.3, -0.25) is 0 Å². The number of carboxylic acids is 1. The van der Waals surface area contributed by atoms with Crippen molar-refractivity contribution in [1.29, 1.82) is 0 Å². The summed E-state index contributed by atoms with van der Waals surface area (Å²) in [6, 6.07) is 1.72. The monoisotopic (exact) mass is 269 g/mol. The number of aromatic carboxylic acids is 1. The number of unbranched alkanes of at least 4 members (excludes halogenated alkanes) is 6. The van der Waals surface area contributed by atoms with Crippen LogP contribution in [0.25, 0.3) is 0 Å². The van der Waals surface area contributed by atoms with Gasteiger partial charge in [0.05, 0.1) is 5.56 Å². The molecule has 102 valence electrons. The van der Waals surface area contributed by atoms with Crippen LogP contribution in [-0.4, -0.2) is 11.1 Å². The molecule has 3 N–H and O–H groups in total. The first-order valence-electron chi connectivity index (χ1n) is 6.76. The molecule has 0 fully saturated rings. The Morgan fingerprint density at radius 3 is 2.39 bits per heavy atom. The van der Waals surface area contributed by atoms with Crippen molar-refractivity contribution in [3.63, 3.8) is 0 Å². The van der Waals surface area contributed by atoms with E-state index < -0.39 is 5.97 Å². The highest BCUT2D eigenvalue weighted by atomic mass is 32.1. The van der Waals surface area contributed by atoms with Crippen LogP contribution in [0, 0.1) is 0 Å². The highest BCUT2D eigenvalue weighted by molar-refractivity contribution is 7.16. The van der Waals surface area contributed by atoms with E-state index in [4.69, 9.17) is 10.8 Å². The normalized spacial score (nSPS) is 10.7. The molecule has 4 heteroatoms. The Morgan fingerprint density at radius 1 is 1.22 bits per heavy atom. The molecule has 1 rings (SSSR count). The number of aryl methyl sites for hydroxylation is 1. The predicted octanol–water partition coefficient (Wildman–Crippen LogP) is 4.32. The Bertz CT molecular complexity index is 374. The van der Waals surface area contributed by atoms with E-state index in [1.54, 1.807) is 6.07 Å². The average Bonchev–Trinajstić information content (AvgIpc) is 2.69. The first-order valence-corrected chi connectivity index (χ1v) is 7.58. The Balaban J connectivity index is 2.19. The number of carboxylic acid groups (broad SMARTS) is 1. The number of nitrogens with two attached hydrogens (primary N) is 1. The first-order chi connectivity index (χ1) is 8.65. The van der Waals surface area contributed by atoms with E-state index in [1.807, 2.05) is 0 Å². The van der Waals surface area contributed by atoms with Gasteiger partial charge in [-0.1, -0.05) is 45.4 Å². The summed E-state index contributed by atoms with van der Waals surface area (Å²) in [5.41, 5.74) is 5.93. The molecule has 0 saturated heterocycles. The topological polar surface area (TPSA) is 63.3 Å². The highest BCUT2D eigenvalue weighted by Crippen LogP contribution is 2.26. The molecule has 0 amide bonds. The summed E-state index contributed by atoms with van der Waals surface area (Å²) in [7, 11) is 0. The van der Waals surface area contributed by atoms with Gasteiger partial charge in [0.2, 0.25) is 0 Å². The van der Waals surface area contributed by atoms with Crippen molar-refractivity contribution in [3.05, 3.63) is 16.5 Å². The summed E-state index contributed by atoms with van der Waals surface area (Å²) in [5.74, 6) is -0.922. The van der Waals surface area contributed by atoms with Gasteiger partial charge >= 0.3 is 5.97 Å². The fraction of sp³-hybridized carbons (Fsp3) is 0.643. The van der Waals surface area contributed by atoms with E-state index in [0.29, 0.717) is 5.00 Å². The fourth-order valence-electron chi connectivity index (χ4n) is 2.00. The molecule has 0 bridgehead atoms. The lowest BCUT2D eigenvalue weighted by atomic mass is 10.1. The van der Waals surface area contributed by atoms with Crippen LogP contribution in [-0.2, 0) is 6.42 Å². The summed E-state index contributed by atoms with van der Waals surface area (Å²) < 4.78 is 0. The van der Waals surface area contributed by atoms with Gasteiger partial charge in [-0.25, -0.2) is 4.79 Å². The maximum atomic E-state index is 10.8. The van der Waals surface area contributed by atoms with Gasteiger partial charge in [-0.05, 0) is 18.9 Å². The number of anilines is 1. The van der Waals surface area contributed by atoms with Gasteiger partial charge in [-0.15, -0.1) is 11.3 Å². The van der Waals surface area contributed by atoms with E-state index in [0.717, 1.165) is 17.7 Å². The number of carbonyl (C=O) groups is 1. The summed E-state index contributed by atoms with van der Waals surface area (Å²) in [4.78, 5) is 11.9. The zero-order valence-corrected chi connectivity index (χ0v) is 11.9. The summed E-state index contributed by atoms with van der Waals surface area (Å²) in [6.07, 6.45) is 9.87. The second kappa shape index (κ2) is 8.14. The van der Waals surface area contributed by atoms with Crippen LogP contribution < -0.4 is 5.73 Å². The van der Waals surface area contributed by atoms with E-state index in [1.165, 1.54) is 49.9 Å². The number of rotatable bonds is 9. The molecular weight excluding hydrogens is 246 g/mol. The molecule has 0 radical (unpaired) electrons. The molecule has 0 aliphatic rings. The largest absolute Gasteiger partial charge is 0.478 e. The van der Waals surface area contributed by atoms with Crippen molar-refractivity contribution in [2.45, 2.75) is 58.3 Å². The Hall–Kier alpha value is -1.03. The average molecular weight is 269 g/mol. The quantitative estimate of drug-likeness (QED) is 0.656. The van der Waals surface area contributed by atoms with Crippen LogP contribution >= 0.6 is 11.3 Å². The minimum Gasteiger partial charge on any atom is -0.478 e. The Labute approximate surface area is 113 Å². The predicted molar refractivity (Wildman–Crippen MR) is 77.4 cm³/mol. The van der Waals surface area contributed by atoms with Gasteiger partial charge < -0.3 is 10.8 Å².